The maximum atomic E-state index is 12.6. The molecule has 0 aromatic carbocycles. The van der Waals surface area contributed by atoms with Crippen LogP contribution in [0.25, 0.3) is 0 Å². The lowest BCUT2D eigenvalue weighted by Gasteiger charge is -2.63. The van der Waals surface area contributed by atoms with Crippen molar-refractivity contribution in [2.45, 2.75) is 69.2 Å². The van der Waals surface area contributed by atoms with Crippen molar-refractivity contribution in [3.05, 3.63) is 12.7 Å². The van der Waals surface area contributed by atoms with Crippen LogP contribution in [0.15, 0.2) is 12.7 Å². The molecule has 5 saturated carbocycles. The van der Waals surface area contributed by atoms with Gasteiger partial charge in [0.1, 0.15) is 11.7 Å². The highest BCUT2D eigenvalue weighted by molar-refractivity contribution is 5.81. The number of hydrogen-bond donors (Lipinski definition) is 1. The van der Waals surface area contributed by atoms with Crippen LogP contribution in [0.3, 0.4) is 0 Å². The Balaban J connectivity index is 1.40. The van der Waals surface area contributed by atoms with Gasteiger partial charge in [0, 0.05) is 12.0 Å². The fraction of sp³-hybridized carbons (Fsp3) is 0.789. The van der Waals surface area contributed by atoms with Crippen molar-refractivity contribution in [1.82, 2.24) is 0 Å². The monoisotopic (exact) mass is 334 g/mol. The van der Waals surface area contributed by atoms with Gasteiger partial charge in [0.05, 0.1) is 11.5 Å². The Hall–Kier alpha value is -1.36. The quantitative estimate of drug-likeness (QED) is 0.631. The summed E-state index contributed by atoms with van der Waals surface area (Å²) in [4.78, 5) is 23.8. The van der Waals surface area contributed by atoms with Crippen LogP contribution in [-0.4, -0.2) is 34.4 Å². The molecule has 0 spiro atoms. The molecule has 24 heavy (non-hydrogen) atoms. The van der Waals surface area contributed by atoms with Crippen molar-refractivity contribution in [2.75, 3.05) is 0 Å². The average Bonchev–Trinajstić information content (AvgIpc) is 2.46. The van der Waals surface area contributed by atoms with Crippen molar-refractivity contribution in [2.24, 2.45) is 23.7 Å². The lowest BCUT2D eigenvalue weighted by atomic mass is 9.48. The van der Waals surface area contributed by atoms with Crippen LogP contribution in [0.1, 0.15) is 51.9 Å². The summed E-state index contributed by atoms with van der Waals surface area (Å²) in [5, 5.41) is 11.0. The summed E-state index contributed by atoms with van der Waals surface area (Å²) < 4.78 is 11.2. The Morgan fingerprint density at radius 1 is 1.12 bits per heavy atom. The van der Waals surface area contributed by atoms with Gasteiger partial charge in [-0.05, 0) is 56.8 Å². The van der Waals surface area contributed by atoms with E-state index >= 15 is 0 Å². The van der Waals surface area contributed by atoms with Crippen LogP contribution >= 0.6 is 0 Å². The first kappa shape index (κ1) is 16.1. The number of ether oxygens (including phenoxy) is 2. The first-order valence-electron chi connectivity index (χ1n) is 9.12. The molecule has 132 valence electrons. The second-order valence-electron chi connectivity index (χ2n) is 8.53. The minimum atomic E-state index is -0.661. The van der Waals surface area contributed by atoms with Gasteiger partial charge in [0.2, 0.25) is 0 Å². The van der Waals surface area contributed by atoms with E-state index in [2.05, 4.69) is 6.58 Å². The standard InChI is InChI=1S/C19H26O5/c1-3-16(20)23-15-5-14(6-15)17(21)24-19-9-12-4-13(10-19)8-18(22,7-12)11(19)2/h3,11-15,22H,1,4-10H2,2H3. The van der Waals surface area contributed by atoms with E-state index < -0.39 is 17.2 Å². The van der Waals surface area contributed by atoms with Crippen LogP contribution < -0.4 is 0 Å². The summed E-state index contributed by atoms with van der Waals surface area (Å²) in [5.74, 6) is 0.143. The minimum absolute atomic E-state index is 0.00350. The molecule has 0 aliphatic heterocycles. The average molecular weight is 334 g/mol. The van der Waals surface area contributed by atoms with Crippen LogP contribution in [0.2, 0.25) is 0 Å². The van der Waals surface area contributed by atoms with E-state index in [-0.39, 0.29) is 23.9 Å². The van der Waals surface area contributed by atoms with Crippen molar-refractivity contribution < 1.29 is 24.2 Å². The third-order valence-corrected chi connectivity index (χ3v) is 7.00. The molecule has 0 saturated heterocycles. The Morgan fingerprint density at radius 3 is 2.33 bits per heavy atom. The van der Waals surface area contributed by atoms with Gasteiger partial charge in [-0.1, -0.05) is 13.5 Å². The third-order valence-electron chi connectivity index (χ3n) is 7.00. The van der Waals surface area contributed by atoms with Crippen LogP contribution in [0.5, 0.6) is 0 Å². The highest BCUT2D eigenvalue weighted by atomic mass is 16.6. The number of aliphatic hydroxyl groups is 1. The number of carbonyl (C=O) groups excluding carboxylic acids is 2. The normalized spacial score (nSPS) is 48.5. The van der Waals surface area contributed by atoms with E-state index in [1.54, 1.807) is 0 Å². The molecule has 5 aliphatic carbocycles. The molecule has 0 radical (unpaired) electrons. The maximum absolute atomic E-state index is 12.6. The SMILES string of the molecule is C=CC(=O)OC1CC(C(=O)OC23CC4CC(CC(O)(C4)C2C)C3)C1. The number of carbonyl (C=O) groups is 2. The molecule has 0 aromatic heterocycles. The molecule has 5 heteroatoms. The Bertz CT molecular complexity index is 562. The molecular formula is C19H26O5. The maximum Gasteiger partial charge on any atom is 0.330 e. The lowest BCUT2D eigenvalue weighted by Crippen LogP contribution is -2.66. The zero-order chi connectivity index (χ0) is 17.1. The molecule has 0 amide bonds. The Labute approximate surface area is 142 Å². The summed E-state index contributed by atoms with van der Waals surface area (Å²) in [6.45, 7) is 5.42. The molecule has 5 aliphatic rings. The lowest BCUT2D eigenvalue weighted by molar-refractivity contribution is -0.255. The first-order chi connectivity index (χ1) is 11.3. The van der Waals surface area contributed by atoms with Gasteiger partial charge in [0.15, 0.2) is 0 Å². The molecular weight excluding hydrogens is 308 g/mol. The van der Waals surface area contributed by atoms with Gasteiger partial charge >= 0.3 is 11.9 Å². The number of hydrogen-bond acceptors (Lipinski definition) is 5. The van der Waals surface area contributed by atoms with Gasteiger partial charge in [-0.15, -0.1) is 0 Å². The van der Waals surface area contributed by atoms with Crippen LogP contribution in [-0.2, 0) is 19.1 Å². The summed E-state index contributed by atoms with van der Waals surface area (Å²) in [6.07, 6.45) is 6.65. The smallest absolute Gasteiger partial charge is 0.330 e. The van der Waals surface area contributed by atoms with Crippen LogP contribution in [0.4, 0.5) is 0 Å². The van der Waals surface area contributed by atoms with Gasteiger partial charge in [-0.3, -0.25) is 4.79 Å². The number of rotatable bonds is 4. The van der Waals surface area contributed by atoms with E-state index in [1.807, 2.05) is 6.92 Å². The molecule has 1 N–H and O–H groups in total. The molecule has 0 heterocycles. The van der Waals surface area contributed by atoms with Crippen LogP contribution in [0, 0.1) is 23.7 Å². The van der Waals surface area contributed by atoms with Gasteiger partial charge in [-0.25, -0.2) is 4.79 Å². The zero-order valence-electron chi connectivity index (χ0n) is 14.2. The molecule has 3 unspecified atom stereocenters. The van der Waals surface area contributed by atoms with Gasteiger partial charge in [0.25, 0.3) is 0 Å². The topological polar surface area (TPSA) is 72.8 Å². The molecule has 5 nitrogen and oxygen atoms in total. The van der Waals surface area contributed by atoms with E-state index in [9.17, 15) is 14.7 Å². The van der Waals surface area contributed by atoms with Gasteiger partial charge in [-0.2, -0.15) is 0 Å². The molecule has 0 aromatic rings. The highest BCUT2D eigenvalue weighted by Crippen LogP contribution is 2.61. The second-order valence-corrected chi connectivity index (χ2v) is 8.53. The first-order valence-corrected chi connectivity index (χ1v) is 9.12. The van der Waals surface area contributed by atoms with Gasteiger partial charge < -0.3 is 14.6 Å². The predicted molar refractivity (Wildman–Crippen MR) is 85.8 cm³/mol. The van der Waals surface area contributed by atoms with E-state index in [4.69, 9.17) is 9.47 Å². The fourth-order valence-corrected chi connectivity index (χ4v) is 5.81. The minimum Gasteiger partial charge on any atom is -0.459 e. The molecule has 5 fully saturated rings. The van der Waals surface area contributed by atoms with E-state index in [0.29, 0.717) is 24.7 Å². The molecule has 5 rings (SSSR count). The Kier molecular flexibility index (Phi) is 3.57. The number of esters is 2. The fourth-order valence-electron chi connectivity index (χ4n) is 5.81. The summed E-state index contributed by atoms with van der Waals surface area (Å²) >= 11 is 0. The summed E-state index contributed by atoms with van der Waals surface area (Å²) in [7, 11) is 0. The highest BCUT2D eigenvalue weighted by Gasteiger charge is 2.64. The molecule has 4 bridgehead atoms. The Morgan fingerprint density at radius 2 is 1.75 bits per heavy atom. The third kappa shape index (κ3) is 2.40. The summed E-state index contributed by atoms with van der Waals surface area (Å²) in [5.41, 5.74) is -1.15. The zero-order valence-corrected chi connectivity index (χ0v) is 14.2. The van der Waals surface area contributed by atoms with Crippen molar-refractivity contribution in [3.63, 3.8) is 0 Å². The van der Waals surface area contributed by atoms with Crippen molar-refractivity contribution in [1.29, 1.82) is 0 Å². The van der Waals surface area contributed by atoms with E-state index in [1.165, 1.54) is 0 Å². The summed E-state index contributed by atoms with van der Waals surface area (Å²) in [6, 6.07) is 0. The predicted octanol–water partition coefficient (Wildman–Crippen LogP) is 2.37. The second kappa shape index (κ2) is 5.32. The largest absolute Gasteiger partial charge is 0.459 e. The molecule has 3 atom stereocenters. The van der Waals surface area contributed by atoms with Crippen molar-refractivity contribution in [3.8, 4) is 0 Å². The van der Waals surface area contributed by atoms with E-state index in [0.717, 1.165) is 38.2 Å². The van der Waals surface area contributed by atoms with Crippen molar-refractivity contribution >= 4 is 11.9 Å².